The molecule has 1 amide bonds. The molecule has 2 heterocycles. The summed E-state index contributed by atoms with van der Waals surface area (Å²) in [5.74, 6) is 0.563. The highest BCUT2D eigenvalue weighted by Gasteiger charge is 2.13. The van der Waals surface area contributed by atoms with Gasteiger partial charge in [0.1, 0.15) is 0 Å². The highest BCUT2D eigenvalue weighted by Crippen LogP contribution is 2.03. The first kappa shape index (κ1) is 13.5. The third-order valence-corrected chi connectivity index (χ3v) is 3.01. The largest absolute Gasteiger partial charge is 0.347 e. The fourth-order valence-electron chi connectivity index (χ4n) is 1.86. The van der Waals surface area contributed by atoms with Gasteiger partial charge in [-0.15, -0.1) is 10.2 Å². The van der Waals surface area contributed by atoms with Crippen LogP contribution in [0, 0.1) is 0 Å². The summed E-state index contributed by atoms with van der Waals surface area (Å²) in [6.45, 7) is 2.41. The zero-order chi connectivity index (χ0) is 13.7. The van der Waals surface area contributed by atoms with Crippen LogP contribution in [0.25, 0.3) is 5.65 Å². The average Bonchev–Trinajstić information content (AvgIpc) is 2.85. The lowest BCUT2D eigenvalue weighted by atomic mass is 10.1. The molecular formula is C13H19N5O. The van der Waals surface area contributed by atoms with Crippen molar-refractivity contribution in [3.63, 3.8) is 0 Å². The molecule has 2 aromatic rings. The van der Waals surface area contributed by atoms with E-state index in [0.717, 1.165) is 18.5 Å². The Labute approximate surface area is 112 Å². The molecule has 0 aliphatic heterocycles. The summed E-state index contributed by atoms with van der Waals surface area (Å²) in [6.07, 6.45) is 4.58. The van der Waals surface area contributed by atoms with Crippen molar-refractivity contribution in [3.8, 4) is 0 Å². The van der Waals surface area contributed by atoms with Gasteiger partial charge in [0.15, 0.2) is 11.5 Å². The van der Waals surface area contributed by atoms with Crippen molar-refractivity contribution in [2.75, 3.05) is 0 Å². The van der Waals surface area contributed by atoms with Crippen LogP contribution in [0.2, 0.25) is 0 Å². The average molecular weight is 261 g/mol. The molecule has 0 aliphatic carbocycles. The van der Waals surface area contributed by atoms with Crippen LogP contribution in [0.5, 0.6) is 0 Å². The molecule has 2 aromatic heterocycles. The highest BCUT2D eigenvalue weighted by atomic mass is 16.2. The van der Waals surface area contributed by atoms with Crippen LogP contribution in [0.15, 0.2) is 24.4 Å². The number of hydrogen-bond donors (Lipinski definition) is 2. The third-order valence-electron chi connectivity index (χ3n) is 3.01. The van der Waals surface area contributed by atoms with Crippen LogP contribution >= 0.6 is 0 Å². The topological polar surface area (TPSA) is 85.3 Å². The summed E-state index contributed by atoms with van der Waals surface area (Å²) in [5, 5.41) is 10.9. The Kier molecular flexibility index (Phi) is 4.46. The standard InChI is InChI=1S/C13H19N5O/c1-2-3-6-10(14)13(19)15-9-12-17-16-11-7-4-5-8-18(11)12/h4-5,7-8,10H,2-3,6,9,14H2,1H3,(H,15,19)/t10-/m0/s1. The second-order valence-corrected chi connectivity index (χ2v) is 4.51. The van der Waals surface area contributed by atoms with Crippen LogP contribution in [0.1, 0.15) is 32.0 Å². The number of nitrogens with two attached hydrogens (primary N) is 1. The van der Waals surface area contributed by atoms with Gasteiger partial charge in [-0.05, 0) is 18.6 Å². The van der Waals surface area contributed by atoms with Gasteiger partial charge in [0, 0.05) is 6.20 Å². The first-order valence-electron chi connectivity index (χ1n) is 6.54. The Morgan fingerprint density at radius 2 is 2.32 bits per heavy atom. The normalized spacial score (nSPS) is 12.5. The van der Waals surface area contributed by atoms with E-state index in [1.165, 1.54) is 0 Å². The lowest BCUT2D eigenvalue weighted by Gasteiger charge is -2.10. The van der Waals surface area contributed by atoms with Gasteiger partial charge in [0.25, 0.3) is 0 Å². The predicted octanol–water partition coefficient (Wildman–Crippen LogP) is 0.863. The van der Waals surface area contributed by atoms with Gasteiger partial charge in [-0.25, -0.2) is 0 Å². The molecule has 0 spiro atoms. The van der Waals surface area contributed by atoms with Gasteiger partial charge in [-0.1, -0.05) is 25.8 Å². The molecule has 6 heteroatoms. The Hall–Kier alpha value is -1.95. The van der Waals surface area contributed by atoms with E-state index in [4.69, 9.17) is 5.73 Å². The van der Waals surface area contributed by atoms with E-state index in [-0.39, 0.29) is 5.91 Å². The molecule has 0 unspecified atom stereocenters. The third kappa shape index (κ3) is 3.29. The number of amides is 1. The fourth-order valence-corrected chi connectivity index (χ4v) is 1.86. The molecule has 3 N–H and O–H groups in total. The van der Waals surface area contributed by atoms with E-state index < -0.39 is 6.04 Å². The maximum absolute atomic E-state index is 11.8. The molecule has 0 saturated carbocycles. The maximum Gasteiger partial charge on any atom is 0.237 e. The van der Waals surface area contributed by atoms with Crippen molar-refractivity contribution in [1.29, 1.82) is 0 Å². The zero-order valence-electron chi connectivity index (χ0n) is 11.0. The van der Waals surface area contributed by atoms with Crippen molar-refractivity contribution in [2.24, 2.45) is 5.73 Å². The molecule has 6 nitrogen and oxygen atoms in total. The molecule has 102 valence electrons. The van der Waals surface area contributed by atoms with E-state index in [2.05, 4.69) is 22.4 Å². The summed E-state index contributed by atoms with van der Waals surface area (Å²) in [7, 11) is 0. The lowest BCUT2D eigenvalue weighted by Crippen LogP contribution is -2.40. The maximum atomic E-state index is 11.8. The number of pyridine rings is 1. The van der Waals surface area contributed by atoms with Crippen LogP contribution in [-0.4, -0.2) is 26.5 Å². The molecule has 19 heavy (non-hydrogen) atoms. The van der Waals surface area contributed by atoms with Crippen LogP contribution in [-0.2, 0) is 11.3 Å². The van der Waals surface area contributed by atoms with Crippen molar-refractivity contribution < 1.29 is 4.79 Å². The van der Waals surface area contributed by atoms with Gasteiger partial charge in [-0.2, -0.15) is 0 Å². The number of carbonyl (C=O) groups excluding carboxylic acids is 1. The molecular weight excluding hydrogens is 242 g/mol. The molecule has 1 atom stereocenters. The highest BCUT2D eigenvalue weighted by molar-refractivity contribution is 5.81. The van der Waals surface area contributed by atoms with E-state index >= 15 is 0 Å². The Morgan fingerprint density at radius 3 is 3.11 bits per heavy atom. The molecule has 0 radical (unpaired) electrons. The number of nitrogens with one attached hydrogen (secondary N) is 1. The second-order valence-electron chi connectivity index (χ2n) is 4.51. The fraction of sp³-hybridized carbons (Fsp3) is 0.462. The number of unbranched alkanes of at least 4 members (excludes halogenated alkanes) is 1. The Bertz CT molecular complexity index is 551. The summed E-state index contributed by atoms with van der Waals surface area (Å²) in [5.41, 5.74) is 6.57. The summed E-state index contributed by atoms with van der Waals surface area (Å²) < 4.78 is 1.85. The number of fused-ring (bicyclic) bond motifs is 1. The van der Waals surface area contributed by atoms with E-state index in [1.807, 2.05) is 28.8 Å². The number of hydrogen-bond acceptors (Lipinski definition) is 4. The van der Waals surface area contributed by atoms with E-state index in [0.29, 0.717) is 18.8 Å². The smallest absolute Gasteiger partial charge is 0.237 e. The van der Waals surface area contributed by atoms with Crippen molar-refractivity contribution in [3.05, 3.63) is 30.2 Å². The predicted molar refractivity (Wildman–Crippen MR) is 72.3 cm³/mol. The minimum absolute atomic E-state index is 0.138. The Morgan fingerprint density at radius 1 is 1.47 bits per heavy atom. The number of carbonyl (C=O) groups is 1. The molecule has 0 fully saturated rings. The summed E-state index contributed by atoms with van der Waals surface area (Å²) in [6, 6.07) is 5.21. The van der Waals surface area contributed by atoms with Gasteiger partial charge in [0.2, 0.25) is 5.91 Å². The van der Waals surface area contributed by atoms with Gasteiger partial charge >= 0.3 is 0 Å². The molecule has 0 aromatic carbocycles. The first-order chi connectivity index (χ1) is 9.22. The summed E-state index contributed by atoms with van der Waals surface area (Å²) >= 11 is 0. The Balaban J connectivity index is 1.93. The number of aromatic nitrogens is 3. The molecule has 0 aliphatic rings. The monoisotopic (exact) mass is 261 g/mol. The van der Waals surface area contributed by atoms with E-state index in [9.17, 15) is 4.79 Å². The SMILES string of the molecule is CCCC[C@H](N)C(=O)NCc1nnc2ccccn12. The summed E-state index contributed by atoms with van der Waals surface area (Å²) in [4.78, 5) is 11.8. The minimum atomic E-state index is -0.445. The minimum Gasteiger partial charge on any atom is -0.347 e. The van der Waals surface area contributed by atoms with Crippen molar-refractivity contribution in [2.45, 2.75) is 38.8 Å². The first-order valence-corrected chi connectivity index (χ1v) is 6.54. The van der Waals surface area contributed by atoms with Crippen molar-refractivity contribution in [1.82, 2.24) is 19.9 Å². The lowest BCUT2D eigenvalue weighted by molar-refractivity contribution is -0.122. The van der Waals surface area contributed by atoms with Gasteiger partial charge in [0.05, 0.1) is 12.6 Å². The quantitative estimate of drug-likeness (QED) is 0.807. The van der Waals surface area contributed by atoms with Crippen LogP contribution in [0.3, 0.4) is 0 Å². The molecule has 0 bridgehead atoms. The number of nitrogens with zero attached hydrogens (tertiary/aromatic N) is 3. The number of rotatable bonds is 6. The van der Waals surface area contributed by atoms with Gasteiger partial charge < -0.3 is 11.1 Å². The molecule has 0 saturated heterocycles. The van der Waals surface area contributed by atoms with Crippen LogP contribution in [0.4, 0.5) is 0 Å². The second kappa shape index (κ2) is 6.29. The van der Waals surface area contributed by atoms with Crippen molar-refractivity contribution >= 4 is 11.6 Å². The van der Waals surface area contributed by atoms with Crippen LogP contribution < -0.4 is 11.1 Å². The molecule has 2 rings (SSSR count). The zero-order valence-corrected chi connectivity index (χ0v) is 11.0. The van der Waals surface area contributed by atoms with Gasteiger partial charge in [-0.3, -0.25) is 9.20 Å². The van der Waals surface area contributed by atoms with E-state index in [1.54, 1.807) is 0 Å².